The third-order valence-corrected chi connectivity index (χ3v) is 5.66. The second-order valence-corrected chi connectivity index (χ2v) is 7.50. The second-order valence-electron chi connectivity index (χ2n) is 7.50. The predicted octanol–water partition coefficient (Wildman–Crippen LogP) is -0.0633. The lowest BCUT2D eigenvalue weighted by Crippen LogP contribution is -2.48. The van der Waals surface area contributed by atoms with E-state index in [4.69, 9.17) is 16.2 Å². The molecule has 1 atom stereocenters. The van der Waals surface area contributed by atoms with Gasteiger partial charge in [0.2, 0.25) is 17.7 Å². The standard InChI is InChI=1S/C16H24N6O2/c1-15(2-5-19-6-3-15)13(23)22-7-4-16(9-22)8-10-11(17)20-14(18)21-12(10)24-16/h19H,2-9H2,1H3,(H4,17,18,20,21)/t16-/m1/s1. The van der Waals surface area contributed by atoms with Crippen LogP contribution in [0.15, 0.2) is 0 Å². The summed E-state index contributed by atoms with van der Waals surface area (Å²) in [7, 11) is 0. The van der Waals surface area contributed by atoms with E-state index >= 15 is 0 Å². The fourth-order valence-electron chi connectivity index (χ4n) is 4.13. The summed E-state index contributed by atoms with van der Waals surface area (Å²) in [6.07, 6.45) is 3.18. The summed E-state index contributed by atoms with van der Waals surface area (Å²) in [4.78, 5) is 23.1. The minimum atomic E-state index is -0.433. The molecule has 1 aromatic rings. The van der Waals surface area contributed by atoms with Gasteiger partial charge in [0, 0.05) is 24.8 Å². The number of carbonyl (C=O) groups excluding carboxylic acids is 1. The van der Waals surface area contributed by atoms with E-state index < -0.39 is 5.60 Å². The van der Waals surface area contributed by atoms with E-state index in [1.54, 1.807) is 0 Å². The molecule has 2 fully saturated rings. The van der Waals surface area contributed by atoms with Gasteiger partial charge in [0.15, 0.2) is 0 Å². The molecule has 0 aliphatic carbocycles. The molecule has 4 heterocycles. The molecule has 3 aliphatic heterocycles. The van der Waals surface area contributed by atoms with Crippen LogP contribution in [0.1, 0.15) is 31.7 Å². The molecule has 1 aromatic heterocycles. The molecule has 5 N–H and O–H groups in total. The van der Waals surface area contributed by atoms with Crippen LogP contribution < -0.4 is 21.5 Å². The Bertz CT molecular complexity index is 687. The number of amides is 1. The predicted molar refractivity (Wildman–Crippen MR) is 89.3 cm³/mol. The van der Waals surface area contributed by atoms with Crippen molar-refractivity contribution in [2.24, 2.45) is 5.41 Å². The fraction of sp³-hybridized carbons (Fsp3) is 0.688. The summed E-state index contributed by atoms with van der Waals surface area (Å²) in [6.45, 7) is 5.15. The Morgan fingerprint density at radius 3 is 2.75 bits per heavy atom. The molecule has 0 radical (unpaired) electrons. The van der Waals surface area contributed by atoms with Crippen LogP contribution >= 0.6 is 0 Å². The third kappa shape index (κ3) is 2.36. The van der Waals surface area contributed by atoms with Crippen molar-refractivity contribution >= 4 is 17.7 Å². The number of aromatic nitrogens is 2. The number of nitrogens with zero attached hydrogens (tertiary/aromatic N) is 3. The maximum Gasteiger partial charge on any atom is 0.228 e. The van der Waals surface area contributed by atoms with Gasteiger partial charge in [0.05, 0.1) is 12.1 Å². The number of hydrogen-bond acceptors (Lipinski definition) is 7. The van der Waals surface area contributed by atoms with Gasteiger partial charge in [-0.2, -0.15) is 9.97 Å². The van der Waals surface area contributed by atoms with Crippen LogP contribution in [0.25, 0.3) is 0 Å². The summed E-state index contributed by atoms with van der Waals surface area (Å²) in [6, 6.07) is 0. The lowest BCUT2D eigenvalue weighted by Gasteiger charge is -2.36. The smallest absolute Gasteiger partial charge is 0.228 e. The Labute approximate surface area is 140 Å². The lowest BCUT2D eigenvalue weighted by molar-refractivity contribution is -0.142. The molecule has 8 nitrogen and oxygen atoms in total. The molecule has 0 bridgehead atoms. The van der Waals surface area contributed by atoms with Gasteiger partial charge in [0.1, 0.15) is 11.4 Å². The highest BCUT2D eigenvalue weighted by molar-refractivity contribution is 5.83. The summed E-state index contributed by atoms with van der Waals surface area (Å²) in [5.41, 5.74) is 11.7. The number of carbonyl (C=O) groups is 1. The van der Waals surface area contributed by atoms with Gasteiger partial charge in [-0.3, -0.25) is 4.79 Å². The maximum atomic E-state index is 13.0. The van der Waals surface area contributed by atoms with Gasteiger partial charge in [-0.25, -0.2) is 0 Å². The number of likely N-dealkylation sites (tertiary alicyclic amines) is 1. The molecule has 2 saturated heterocycles. The Kier molecular flexibility index (Phi) is 3.35. The average Bonchev–Trinajstić information content (AvgIpc) is 3.11. The molecule has 0 aromatic carbocycles. The SMILES string of the molecule is CC1(C(=O)N2CC[C@@]3(Cc4c(N)nc(N)nc4O3)C2)CCNCC1. The quantitative estimate of drug-likeness (QED) is 0.659. The van der Waals surface area contributed by atoms with Gasteiger partial charge in [-0.15, -0.1) is 0 Å². The van der Waals surface area contributed by atoms with Gasteiger partial charge in [0.25, 0.3) is 0 Å². The van der Waals surface area contributed by atoms with Crippen LogP contribution in [-0.4, -0.2) is 52.6 Å². The second kappa shape index (κ2) is 5.20. The van der Waals surface area contributed by atoms with Crippen LogP contribution in [-0.2, 0) is 11.2 Å². The van der Waals surface area contributed by atoms with Crippen molar-refractivity contribution in [3.63, 3.8) is 0 Å². The van der Waals surface area contributed by atoms with Crippen LogP contribution in [0, 0.1) is 5.41 Å². The first kappa shape index (κ1) is 15.4. The van der Waals surface area contributed by atoms with E-state index in [0.717, 1.165) is 37.9 Å². The Morgan fingerprint density at radius 1 is 1.25 bits per heavy atom. The van der Waals surface area contributed by atoms with Crippen molar-refractivity contribution in [2.75, 3.05) is 37.6 Å². The van der Waals surface area contributed by atoms with Crippen molar-refractivity contribution < 1.29 is 9.53 Å². The topological polar surface area (TPSA) is 119 Å². The lowest BCUT2D eigenvalue weighted by atomic mass is 9.79. The number of hydrogen-bond donors (Lipinski definition) is 3. The molecule has 24 heavy (non-hydrogen) atoms. The summed E-state index contributed by atoms with van der Waals surface area (Å²) in [5.74, 6) is 1.21. The largest absolute Gasteiger partial charge is 0.468 e. The van der Waals surface area contributed by atoms with Crippen LogP contribution in [0.5, 0.6) is 5.88 Å². The minimum Gasteiger partial charge on any atom is -0.468 e. The van der Waals surface area contributed by atoms with Crippen LogP contribution in [0.4, 0.5) is 11.8 Å². The van der Waals surface area contributed by atoms with Crippen molar-refractivity contribution in [1.82, 2.24) is 20.2 Å². The summed E-state index contributed by atoms with van der Waals surface area (Å²) in [5, 5.41) is 3.32. The zero-order valence-electron chi connectivity index (χ0n) is 14.0. The zero-order chi connectivity index (χ0) is 16.9. The molecule has 3 aliphatic rings. The molecular formula is C16H24N6O2. The van der Waals surface area contributed by atoms with Crippen molar-refractivity contribution in [2.45, 2.75) is 38.2 Å². The molecular weight excluding hydrogens is 308 g/mol. The van der Waals surface area contributed by atoms with E-state index in [-0.39, 0.29) is 17.3 Å². The van der Waals surface area contributed by atoms with Gasteiger partial charge >= 0.3 is 0 Å². The number of ether oxygens (including phenoxy) is 1. The molecule has 8 heteroatoms. The highest BCUT2D eigenvalue weighted by Gasteiger charge is 2.50. The number of nitrogens with one attached hydrogen (secondary N) is 1. The summed E-state index contributed by atoms with van der Waals surface area (Å²) >= 11 is 0. The van der Waals surface area contributed by atoms with Gasteiger partial charge < -0.3 is 26.4 Å². The molecule has 1 spiro atoms. The number of anilines is 2. The number of nitrogen functional groups attached to an aromatic ring is 2. The highest BCUT2D eigenvalue weighted by Crippen LogP contribution is 2.43. The van der Waals surface area contributed by atoms with E-state index in [2.05, 4.69) is 22.2 Å². The van der Waals surface area contributed by atoms with E-state index in [0.29, 0.717) is 31.2 Å². The van der Waals surface area contributed by atoms with Crippen LogP contribution in [0.3, 0.4) is 0 Å². The first-order chi connectivity index (χ1) is 11.4. The van der Waals surface area contributed by atoms with Crippen LogP contribution in [0.2, 0.25) is 0 Å². The molecule has 0 unspecified atom stereocenters. The molecule has 130 valence electrons. The molecule has 1 amide bonds. The maximum absolute atomic E-state index is 13.0. The van der Waals surface area contributed by atoms with E-state index in [1.807, 2.05) is 4.90 Å². The molecule has 4 rings (SSSR count). The Morgan fingerprint density at radius 2 is 2.00 bits per heavy atom. The van der Waals surface area contributed by atoms with Crippen molar-refractivity contribution in [3.8, 4) is 5.88 Å². The minimum absolute atomic E-state index is 0.122. The fourth-order valence-corrected chi connectivity index (χ4v) is 4.13. The average molecular weight is 332 g/mol. The number of fused-ring (bicyclic) bond motifs is 1. The number of rotatable bonds is 1. The first-order valence-corrected chi connectivity index (χ1v) is 8.52. The van der Waals surface area contributed by atoms with Crippen molar-refractivity contribution in [3.05, 3.63) is 5.56 Å². The monoisotopic (exact) mass is 332 g/mol. The summed E-state index contributed by atoms with van der Waals surface area (Å²) < 4.78 is 6.10. The van der Waals surface area contributed by atoms with Crippen molar-refractivity contribution in [1.29, 1.82) is 0 Å². The zero-order valence-corrected chi connectivity index (χ0v) is 14.0. The molecule has 0 saturated carbocycles. The van der Waals surface area contributed by atoms with E-state index in [1.165, 1.54) is 0 Å². The normalized spacial score (nSPS) is 28.0. The first-order valence-electron chi connectivity index (χ1n) is 8.52. The Hall–Kier alpha value is -2.09. The van der Waals surface area contributed by atoms with Gasteiger partial charge in [-0.1, -0.05) is 6.92 Å². The highest BCUT2D eigenvalue weighted by atomic mass is 16.5. The Balaban J connectivity index is 1.51. The number of nitrogens with two attached hydrogens (primary N) is 2. The third-order valence-electron chi connectivity index (χ3n) is 5.66. The number of piperidine rings is 1. The van der Waals surface area contributed by atoms with Gasteiger partial charge in [-0.05, 0) is 25.9 Å². The van der Waals surface area contributed by atoms with E-state index in [9.17, 15) is 4.79 Å².